The molecule has 3 heterocycles. The molecule has 0 unspecified atom stereocenters. The van der Waals surface area contributed by atoms with Crippen molar-refractivity contribution in [3.8, 4) is 11.3 Å². The zero-order chi connectivity index (χ0) is 18.0. The molecule has 0 spiro atoms. The molecule has 1 fully saturated rings. The van der Waals surface area contributed by atoms with Crippen molar-refractivity contribution in [3.63, 3.8) is 0 Å². The molecule has 6 nitrogen and oxygen atoms in total. The fraction of sp³-hybridized carbons (Fsp3) is 0.471. The summed E-state index contributed by atoms with van der Waals surface area (Å²) >= 11 is 0. The van der Waals surface area contributed by atoms with E-state index < -0.39 is 6.43 Å². The Kier molecular flexibility index (Phi) is 5.08. The summed E-state index contributed by atoms with van der Waals surface area (Å²) in [6.45, 7) is 3.64. The monoisotopic (exact) mass is 350 g/mol. The van der Waals surface area contributed by atoms with E-state index in [1.807, 2.05) is 11.8 Å². The molecule has 0 aromatic carbocycles. The van der Waals surface area contributed by atoms with Crippen molar-refractivity contribution < 1.29 is 13.9 Å². The molecule has 1 saturated heterocycles. The van der Waals surface area contributed by atoms with Crippen LogP contribution in [0.3, 0.4) is 0 Å². The third-order valence-electron chi connectivity index (χ3n) is 4.45. The third kappa shape index (κ3) is 3.53. The predicted molar refractivity (Wildman–Crippen MR) is 89.8 cm³/mol. The topological polar surface area (TPSA) is 71.2 Å². The van der Waals surface area contributed by atoms with E-state index in [2.05, 4.69) is 9.97 Å². The van der Waals surface area contributed by atoms with Gasteiger partial charge in [-0.15, -0.1) is 0 Å². The van der Waals surface area contributed by atoms with Crippen LogP contribution in [0.25, 0.3) is 11.3 Å². The van der Waals surface area contributed by atoms with Crippen LogP contribution in [-0.2, 0) is 6.54 Å². The van der Waals surface area contributed by atoms with E-state index >= 15 is 0 Å². The van der Waals surface area contributed by atoms with E-state index in [1.54, 1.807) is 10.8 Å². The first-order valence-corrected chi connectivity index (χ1v) is 8.25. The fourth-order valence-corrected chi connectivity index (χ4v) is 2.97. The average Bonchev–Trinajstić information content (AvgIpc) is 3.11. The van der Waals surface area contributed by atoms with Gasteiger partial charge in [0.05, 0.1) is 5.69 Å². The average molecular weight is 350 g/mol. The maximum atomic E-state index is 12.7. The molecular weight excluding hydrogens is 330 g/mol. The minimum atomic E-state index is -2.62. The third-order valence-corrected chi connectivity index (χ3v) is 4.45. The normalized spacial score (nSPS) is 17.5. The number of hydrogen-bond acceptors (Lipinski definition) is 5. The molecule has 0 saturated carbocycles. The summed E-state index contributed by atoms with van der Waals surface area (Å²) in [5.74, 6) is 0.458. The molecule has 8 heteroatoms. The minimum absolute atomic E-state index is 0.0805. The van der Waals surface area contributed by atoms with E-state index in [4.69, 9.17) is 0 Å². The lowest BCUT2D eigenvalue weighted by atomic mass is 10.1. The Morgan fingerprint density at radius 1 is 1.40 bits per heavy atom. The molecule has 0 aliphatic carbocycles. The fourth-order valence-electron chi connectivity index (χ4n) is 2.97. The second kappa shape index (κ2) is 7.26. The predicted octanol–water partition coefficient (Wildman–Crippen LogP) is 2.08. The quantitative estimate of drug-likeness (QED) is 0.894. The molecule has 0 radical (unpaired) electrons. The Morgan fingerprint density at radius 2 is 2.20 bits per heavy atom. The van der Waals surface area contributed by atoms with Gasteiger partial charge in [-0.1, -0.05) is 0 Å². The summed E-state index contributed by atoms with van der Waals surface area (Å²) < 4.78 is 26.9. The Morgan fingerprint density at radius 3 is 2.76 bits per heavy atom. The lowest BCUT2D eigenvalue weighted by molar-refractivity contribution is 0.146. The number of aromatic nitrogens is 3. The van der Waals surface area contributed by atoms with Gasteiger partial charge in [0.15, 0.2) is 5.82 Å². The summed E-state index contributed by atoms with van der Waals surface area (Å²) in [4.78, 5) is 22.7. The second-order valence-electron chi connectivity index (χ2n) is 6.10. The van der Waals surface area contributed by atoms with E-state index in [0.717, 1.165) is 6.42 Å². The van der Waals surface area contributed by atoms with E-state index in [1.165, 1.54) is 18.3 Å². The van der Waals surface area contributed by atoms with E-state index in [9.17, 15) is 18.7 Å². The summed E-state index contributed by atoms with van der Waals surface area (Å²) in [6, 6.07) is 2.80. The first-order valence-electron chi connectivity index (χ1n) is 8.25. The summed E-state index contributed by atoms with van der Waals surface area (Å²) in [6.07, 6.45) is 1.14. The van der Waals surface area contributed by atoms with Crippen LogP contribution in [-0.4, -0.2) is 39.3 Å². The number of pyridine rings is 1. The number of alkyl halides is 2. The SMILES string of the molecule is CCn1cc(-c2ccc(C(F)F)nc2)nc(N2CC[C@@H](CO)C2)c1=O. The maximum Gasteiger partial charge on any atom is 0.293 e. The van der Waals surface area contributed by atoms with Gasteiger partial charge >= 0.3 is 0 Å². The first kappa shape index (κ1) is 17.5. The number of halogens is 2. The van der Waals surface area contributed by atoms with Gasteiger partial charge in [-0.05, 0) is 25.5 Å². The number of aliphatic hydroxyl groups excluding tert-OH is 1. The number of anilines is 1. The molecule has 2 aromatic heterocycles. The van der Waals surface area contributed by atoms with Crippen LogP contribution in [0.5, 0.6) is 0 Å². The molecule has 0 bridgehead atoms. The van der Waals surface area contributed by atoms with Gasteiger partial charge in [0.25, 0.3) is 12.0 Å². The molecule has 0 amide bonds. The molecule has 2 aromatic rings. The molecule has 3 rings (SSSR count). The molecule has 1 N–H and O–H groups in total. The Labute approximate surface area is 143 Å². The molecule has 134 valence electrons. The summed E-state index contributed by atoms with van der Waals surface area (Å²) in [5.41, 5.74) is 0.600. The van der Waals surface area contributed by atoms with Crippen LogP contribution in [0.2, 0.25) is 0 Å². The highest BCUT2D eigenvalue weighted by atomic mass is 19.3. The number of nitrogens with zero attached hydrogens (tertiary/aromatic N) is 4. The number of aryl methyl sites for hydroxylation is 1. The van der Waals surface area contributed by atoms with Crippen molar-refractivity contribution in [2.24, 2.45) is 5.92 Å². The standard InChI is InChI=1S/C17H20F2N4O2/c1-2-22-9-14(12-3-4-13(15(18)19)20-7-12)21-16(17(22)25)23-6-5-11(8-23)10-24/h3-4,7,9,11,15,24H,2,5-6,8,10H2,1H3/t11-/m1/s1. The van der Waals surface area contributed by atoms with Gasteiger partial charge < -0.3 is 14.6 Å². The first-order chi connectivity index (χ1) is 12.0. The van der Waals surface area contributed by atoms with Gasteiger partial charge in [-0.2, -0.15) is 0 Å². The number of aliphatic hydroxyl groups is 1. The van der Waals surface area contributed by atoms with Crippen LogP contribution in [0.1, 0.15) is 25.5 Å². The highest BCUT2D eigenvalue weighted by molar-refractivity contribution is 5.59. The zero-order valence-corrected chi connectivity index (χ0v) is 13.9. The molecule has 25 heavy (non-hydrogen) atoms. The van der Waals surface area contributed by atoms with Crippen molar-refractivity contribution >= 4 is 5.82 Å². The van der Waals surface area contributed by atoms with Crippen LogP contribution in [0.4, 0.5) is 14.6 Å². The smallest absolute Gasteiger partial charge is 0.293 e. The Bertz CT molecular complexity index is 792. The zero-order valence-electron chi connectivity index (χ0n) is 13.9. The lowest BCUT2D eigenvalue weighted by Crippen LogP contribution is -2.32. The maximum absolute atomic E-state index is 12.7. The van der Waals surface area contributed by atoms with Gasteiger partial charge in [0.2, 0.25) is 0 Å². The van der Waals surface area contributed by atoms with Crippen LogP contribution in [0.15, 0.2) is 29.3 Å². The van der Waals surface area contributed by atoms with Crippen LogP contribution < -0.4 is 10.5 Å². The Hall–Kier alpha value is -2.35. The largest absolute Gasteiger partial charge is 0.396 e. The molecule has 1 atom stereocenters. The second-order valence-corrected chi connectivity index (χ2v) is 6.10. The lowest BCUT2D eigenvalue weighted by Gasteiger charge is -2.19. The number of hydrogen-bond donors (Lipinski definition) is 1. The van der Waals surface area contributed by atoms with Crippen LogP contribution in [0, 0.1) is 5.92 Å². The van der Waals surface area contributed by atoms with Crippen molar-refractivity contribution in [2.75, 3.05) is 24.6 Å². The van der Waals surface area contributed by atoms with E-state index in [-0.39, 0.29) is 23.8 Å². The number of rotatable bonds is 5. The van der Waals surface area contributed by atoms with Crippen molar-refractivity contribution in [1.82, 2.24) is 14.5 Å². The highest BCUT2D eigenvalue weighted by Gasteiger charge is 2.26. The van der Waals surface area contributed by atoms with E-state index in [0.29, 0.717) is 36.7 Å². The van der Waals surface area contributed by atoms with Gasteiger partial charge in [0, 0.05) is 50.1 Å². The molecule has 1 aliphatic rings. The van der Waals surface area contributed by atoms with Gasteiger partial charge in [-0.25, -0.2) is 13.8 Å². The van der Waals surface area contributed by atoms with Gasteiger partial charge in [-0.3, -0.25) is 9.78 Å². The van der Waals surface area contributed by atoms with Crippen molar-refractivity contribution in [2.45, 2.75) is 26.3 Å². The summed E-state index contributed by atoms with van der Waals surface area (Å²) in [5, 5.41) is 9.30. The molecule has 1 aliphatic heterocycles. The highest BCUT2D eigenvalue weighted by Crippen LogP contribution is 2.24. The Balaban J connectivity index is 2.00. The van der Waals surface area contributed by atoms with Crippen molar-refractivity contribution in [3.05, 3.63) is 40.6 Å². The minimum Gasteiger partial charge on any atom is -0.396 e. The van der Waals surface area contributed by atoms with Crippen molar-refractivity contribution in [1.29, 1.82) is 0 Å². The molecular formula is C17H20F2N4O2. The summed E-state index contributed by atoms with van der Waals surface area (Å²) in [7, 11) is 0. The van der Waals surface area contributed by atoms with Crippen LogP contribution >= 0.6 is 0 Å². The van der Waals surface area contributed by atoms with Gasteiger partial charge in [0.1, 0.15) is 5.69 Å².